The Kier molecular flexibility index (Phi) is 3.92. The van der Waals surface area contributed by atoms with Crippen molar-refractivity contribution in [3.05, 3.63) is 16.1 Å². The molecule has 1 N–H and O–H groups in total. The Morgan fingerprint density at radius 2 is 2.37 bits per heavy atom. The fourth-order valence-electron chi connectivity index (χ4n) is 3.60. The first-order chi connectivity index (χ1) is 9.24. The maximum absolute atomic E-state index is 5.88. The lowest BCUT2D eigenvalue weighted by Crippen LogP contribution is -2.67. The van der Waals surface area contributed by atoms with E-state index in [0.29, 0.717) is 17.6 Å². The number of thiazole rings is 1. The molecule has 1 spiro atoms. The third-order valence-corrected chi connectivity index (χ3v) is 5.86. The van der Waals surface area contributed by atoms with Gasteiger partial charge in [-0.1, -0.05) is 6.42 Å². The zero-order chi connectivity index (χ0) is 13.3. The number of nitrogens with one attached hydrogen (secondary N) is 1. The number of nitrogens with zero attached hydrogens (tertiary/aromatic N) is 1. The fourth-order valence-corrected chi connectivity index (χ4v) is 4.37. The minimum absolute atomic E-state index is 0.481. The van der Waals surface area contributed by atoms with Crippen molar-refractivity contribution in [2.45, 2.75) is 58.1 Å². The van der Waals surface area contributed by atoms with Gasteiger partial charge >= 0.3 is 0 Å². The van der Waals surface area contributed by atoms with Crippen LogP contribution in [0.15, 0.2) is 5.38 Å². The normalized spacial score (nSPS) is 28.1. The van der Waals surface area contributed by atoms with Gasteiger partial charge < -0.3 is 10.1 Å². The molecule has 0 aliphatic heterocycles. The largest absolute Gasteiger partial charge is 0.378 e. The zero-order valence-electron chi connectivity index (χ0n) is 11.9. The summed E-state index contributed by atoms with van der Waals surface area (Å²) in [7, 11) is 0. The van der Waals surface area contributed by atoms with Gasteiger partial charge in [-0.3, -0.25) is 0 Å². The van der Waals surface area contributed by atoms with Gasteiger partial charge in [0.25, 0.3) is 0 Å². The van der Waals surface area contributed by atoms with Crippen molar-refractivity contribution in [2.75, 3.05) is 13.2 Å². The van der Waals surface area contributed by atoms with E-state index in [2.05, 4.69) is 29.5 Å². The van der Waals surface area contributed by atoms with Crippen molar-refractivity contribution in [3.63, 3.8) is 0 Å². The highest BCUT2D eigenvalue weighted by molar-refractivity contribution is 7.09. The second-order valence-corrected chi connectivity index (χ2v) is 6.85. The predicted molar refractivity (Wildman–Crippen MR) is 78.7 cm³/mol. The van der Waals surface area contributed by atoms with Crippen molar-refractivity contribution < 1.29 is 4.74 Å². The molecule has 2 fully saturated rings. The molecule has 0 saturated heterocycles. The summed E-state index contributed by atoms with van der Waals surface area (Å²) in [5, 5.41) is 7.14. The Hall–Kier alpha value is -0.450. The van der Waals surface area contributed by atoms with Gasteiger partial charge in [0.05, 0.1) is 11.1 Å². The monoisotopic (exact) mass is 280 g/mol. The molecule has 3 rings (SSSR count). The van der Waals surface area contributed by atoms with E-state index in [9.17, 15) is 0 Å². The van der Waals surface area contributed by atoms with Crippen molar-refractivity contribution in [1.29, 1.82) is 0 Å². The Balaban J connectivity index is 1.46. The third kappa shape index (κ3) is 2.46. The van der Waals surface area contributed by atoms with Crippen LogP contribution in [0, 0.1) is 12.3 Å². The van der Waals surface area contributed by atoms with Crippen molar-refractivity contribution in [3.8, 4) is 0 Å². The van der Waals surface area contributed by atoms with Crippen LogP contribution < -0.4 is 5.32 Å². The molecule has 0 radical (unpaired) electrons. The number of aromatic nitrogens is 1. The minimum Gasteiger partial charge on any atom is -0.378 e. The van der Waals surface area contributed by atoms with E-state index >= 15 is 0 Å². The van der Waals surface area contributed by atoms with Gasteiger partial charge in [0.1, 0.15) is 0 Å². The molecular weight excluding hydrogens is 256 g/mol. The summed E-state index contributed by atoms with van der Waals surface area (Å²) < 4.78 is 5.88. The van der Waals surface area contributed by atoms with Gasteiger partial charge in [0, 0.05) is 42.1 Å². The molecule has 2 saturated carbocycles. The molecule has 2 unspecified atom stereocenters. The first-order valence-corrected chi connectivity index (χ1v) is 8.38. The lowest BCUT2D eigenvalue weighted by molar-refractivity contribution is -0.172. The van der Waals surface area contributed by atoms with Crippen molar-refractivity contribution in [1.82, 2.24) is 10.3 Å². The Bertz CT molecular complexity index is 428. The van der Waals surface area contributed by atoms with E-state index in [1.807, 2.05) is 0 Å². The number of aryl methyl sites for hydroxylation is 1. The molecule has 2 aliphatic rings. The first-order valence-electron chi connectivity index (χ1n) is 7.50. The number of ether oxygens (including phenoxy) is 1. The molecule has 1 heterocycles. The summed E-state index contributed by atoms with van der Waals surface area (Å²) in [6, 6.07) is 0.679. The van der Waals surface area contributed by atoms with E-state index in [-0.39, 0.29) is 0 Å². The Morgan fingerprint density at radius 1 is 1.53 bits per heavy atom. The van der Waals surface area contributed by atoms with E-state index in [4.69, 9.17) is 4.74 Å². The minimum atomic E-state index is 0.481. The van der Waals surface area contributed by atoms with Gasteiger partial charge in [-0.2, -0.15) is 0 Å². The highest BCUT2D eigenvalue weighted by Crippen LogP contribution is 2.57. The second-order valence-electron chi connectivity index (χ2n) is 5.91. The van der Waals surface area contributed by atoms with Crippen LogP contribution in [0.3, 0.4) is 0 Å². The summed E-state index contributed by atoms with van der Waals surface area (Å²) >= 11 is 1.78. The molecule has 1 aromatic heterocycles. The van der Waals surface area contributed by atoms with Crippen molar-refractivity contribution >= 4 is 11.3 Å². The van der Waals surface area contributed by atoms with E-state index in [0.717, 1.165) is 25.3 Å². The van der Waals surface area contributed by atoms with Gasteiger partial charge in [-0.05, 0) is 33.1 Å². The Labute approximate surface area is 119 Å². The van der Waals surface area contributed by atoms with Crippen LogP contribution in [0.4, 0.5) is 0 Å². The van der Waals surface area contributed by atoms with Crippen LogP contribution >= 0.6 is 11.3 Å². The lowest BCUT2D eigenvalue weighted by Gasteiger charge is -2.61. The van der Waals surface area contributed by atoms with E-state index < -0.39 is 0 Å². The number of hydrogen-bond donors (Lipinski definition) is 1. The maximum atomic E-state index is 5.88. The van der Waals surface area contributed by atoms with E-state index in [1.165, 1.54) is 30.7 Å². The van der Waals surface area contributed by atoms with Crippen LogP contribution in [0.1, 0.15) is 43.3 Å². The van der Waals surface area contributed by atoms with Gasteiger partial charge in [-0.15, -0.1) is 11.3 Å². The molecular formula is C15H24N2OS. The molecule has 2 atom stereocenters. The molecule has 106 valence electrons. The molecule has 2 aliphatic carbocycles. The average Bonchev–Trinajstić information content (AvgIpc) is 2.70. The SMILES string of the molecule is CCOC1CC(NCCc2nc(C)cs2)C12CCC2. The van der Waals surface area contributed by atoms with Crippen LogP contribution in [-0.4, -0.2) is 30.3 Å². The van der Waals surface area contributed by atoms with Gasteiger partial charge in [0.15, 0.2) is 0 Å². The molecule has 4 heteroatoms. The van der Waals surface area contributed by atoms with Gasteiger partial charge in [-0.25, -0.2) is 4.98 Å². The number of hydrogen-bond acceptors (Lipinski definition) is 4. The summed E-state index contributed by atoms with van der Waals surface area (Å²) in [6.45, 7) is 6.09. The van der Waals surface area contributed by atoms with Crippen LogP contribution in [-0.2, 0) is 11.2 Å². The summed E-state index contributed by atoms with van der Waals surface area (Å²) in [6.07, 6.45) is 6.87. The number of rotatable bonds is 6. The quantitative estimate of drug-likeness (QED) is 0.870. The van der Waals surface area contributed by atoms with Crippen LogP contribution in [0.5, 0.6) is 0 Å². The summed E-state index contributed by atoms with van der Waals surface area (Å²) in [5.74, 6) is 0. The molecule has 0 bridgehead atoms. The highest BCUT2D eigenvalue weighted by atomic mass is 32.1. The standard InChI is InChI=1S/C15H24N2OS/c1-3-18-13-9-12(15(13)6-4-7-15)16-8-5-14-17-11(2)10-19-14/h10,12-13,16H,3-9H2,1-2H3. The molecule has 1 aromatic rings. The first kappa shape index (κ1) is 13.5. The molecule has 3 nitrogen and oxygen atoms in total. The lowest BCUT2D eigenvalue weighted by atomic mass is 9.51. The van der Waals surface area contributed by atoms with Crippen LogP contribution in [0.2, 0.25) is 0 Å². The highest BCUT2D eigenvalue weighted by Gasteiger charge is 2.58. The zero-order valence-corrected chi connectivity index (χ0v) is 12.8. The summed E-state index contributed by atoms with van der Waals surface area (Å²) in [5.41, 5.74) is 1.63. The molecule has 0 aromatic carbocycles. The van der Waals surface area contributed by atoms with Crippen LogP contribution in [0.25, 0.3) is 0 Å². The smallest absolute Gasteiger partial charge is 0.0940 e. The predicted octanol–water partition coefficient (Wildman–Crippen LogP) is 2.93. The van der Waals surface area contributed by atoms with Gasteiger partial charge in [0.2, 0.25) is 0 Å². The average molecular weight is 280 g/mol. The topological polar surface area (TPSA) is 34.1 Å². The fraction of sp³-hybridized carbons (Fsp3) is 0.800. The summed E-state index contributed by atoms with van der Waals surface area (Å²) in [4.78, 5) is 4.52. The Morgan fingerprint density at radius 3 is 2.95 bits per heavy atom. The van der Waals surface area contributed by atoms with Crippen molar-refractivity contribution in [2.24, 2.45) is 5.41 Å². The molecule has 0 amide bonds. The van der Waals surface area contributed by atoms with E-state index in [1.54, 1.807) is 11.3 Å². The second kappa shape index (κ2) is 5.51. The maximum Gasteiger partial charge on any atom is 0.0940 e. The third-order valence-electron chi connectivity index (χ3n) is 4.83. The molecule has 19 heavy (non-hydrogen) atoms.